The van der Waals surface area contributed by atoms with Crippen LogP contribution in [0.25, 0.3) is 0 Å². The molecule has 0 aromatic heterocycles. The van der Waals surface area contributed by atoms with E-state index in [4.69, 9.17) is 0 Å². The average Bonchev–Trinajstić information content (AvgIpc) is 2.54. The Balaban J connectivity index is 2.09. The number of esters is 1. The first kappa shape index (κ1) is 16.2. The van der Waals surface area contributed by atoms with Crippen molar-refractivity contribution in [2.45, 2.75) is 6.92 Å². The molecule has 0 radical (unpaired) electrons. The summed E-state index contributed by atoms with van der Waals surface area (Å²) in [6.07, 6.45) is 0. The van der Waals surface area contributed by atoms with Crippen LogP contribution >= 0.6 is 0 Å². The third kappa shape index (κ3) is 4.96. The van der Waals surface area contributed by atoms with Crippen molar-refractivity contribution in [1.82, 2.24) is 0 Å². The lowest BCUT2D eigenvalue weighted by Gasteiger charge is -2.11. The zero-order chi connectivity index (χ0) is 16.7. The fraction of sp³-hybridized carbons (Fsp3) is 0.118. The highest BCUT2D eigenvalue weighted by Crippen LogP contribution is 2.17. The van der Waals surface area contributed by atoms with E-state index in [1.54, 1.807) is 36.4 Å². The summed E-state index contributed by atoms with van der Waals surface area (Å²) in [5, 5.41) is 5.30. The summed E-state index contributed by atoms with van der Waals surface area (Å²) in [6.45, 7) is 0.818. The fourth-order valence-electron chi connectivity index (χ4n) is 1.86. The molecule has 0 saturated carbocycles. The lowest BCUT2D eigenvalue weighted by atomic mass is 10.1. The smallest absolute Gasteiger partial charge is 0.303 e. The zero-order valence-electron chi connectivity index (χ0n) is 12.5. The monoisotopic (exact) mass is 312 g/mol. The van der Waals surface area contributed by atoms with E-state index in [2.05, 4.69) is 15.4 Å². The second kappa shape index (κ2) is 7.74. The molecule has 0 fully saturated rings. The quantitative estimate of drug-likeness (QED) is 0.831. The molecular weight excluding hydrogens is 296 g/mol. The molecule has 0 aliphatic rings. The molecule has 0 aliphatic heterocycles. The number of carbonyl (C=O) groups is 3. The number of amides is 2. The van der Waals surface area contributed by atoms with E-state index in [1.807, 2.05) is 18.2 Å². The van der Waals surface area contributed by atoms with Gasteiger partial charge in [0.25, 0.3) is 11.8 Å². The second-order valence-corrected chi connectivity index (χ2v) is 4.69. The number of hydrogen-bond acceptors (Lipinski definition) is 4. The molecule has 2 rings (SSSR count). The molecule has 0 heterocycles. The maximum absolute atomic E-state index is 12.3. The molecule has 118 valence electrons. The molecule has 6 heteroatoms. The zero-order valence-corrected chi connectivity index (χ0v) is 12.5. The van der Waals surface area contributed by atoms with Crippen molar-refractivity contribution in [3.05, 3.63) is 60.2 Å². The number of para-hydroxylation sites is 2. The van der Waals surface area contributed by atoms with Gasteiger partial charge in [0, 0.05) is 12.6 Å². The van der Waals surface area contributed by atoms with Crippen molar-refractivity contribution in [2.75, 3.05) is 17.2 Å². The van der Waals surface area contributed by atoms with Gasteiger partial charge in [0.2, 0.25) is 0 Å². The molecule has 2 N–H and O–H groups in total. The van der Waals surface area contributed by atoms with Crippen LogP contribution < -0.4 is 10.6 Å². The molecule has 2 aromatic carbocycles. The molecule has 0 bridgehead atoms. The first-order chi connectivity index (χ1) is 11.1. The topological polar surface area (TPSA) is 84.5 Å². The summed E-state index contributed by atoms with van der Waals surface area (Å²) in [5.74, 6) is -1.41. The summed E-state index contributed by atoms with van der Waals surface area (Å²) in [6, 6.07) is 15.6. The van der Waals surface area contributed by atoms with Crippen molar-refractivity contribution in [2.24, 2.45) is 0 Å². The minimum Gasteiger partial charge on any atom is -0.456 e. The maximum atomic E-state index is 12.3. The Labute approximate surface area is 133 Å². The first-order valence-corrected chi connectivity index (χ1v) is 6.95. The van der Waals surface area contributed by atoms with Gasteiger partial charge in [-0.2, -0.15) is 0 Å². The number of benzene rings is 2. The van der Waals surface area contributed by atoms with E-state index in [1.165, 1.54) is 6.92 Å². The van der Waals surface area contributed by atoms with E-state index in [-0.39, 0.29) is 5.91 Å². The van der Waals surface area contributed by atoms with Crippen LogP contribution in [0.4, 0.5) is 11.4 Å². The number of rotatable bonds is 5. The molecule has 0 atom stereocenters. The van der Waals surface area contributed by atoms with Gasteiger partial charge in [-0.25, -0.2) is 0 Å². The Morgan fingerprint density at radius 3 is 2.26 bits per heavy atom. The Morgan fingerprint density at radius 2 is 1.57 bits per heavy atom. The van der Waals surface area contributed by atoms with Crippen molar-refractivity contribution in [1.29, 1.82) is 0 Å². The summed E-state index contributed by atoms with van der Waals surface area (Å²) in [7, 11) is 0. The van der Waals surface area contributed by atoms with Crippen LogP contribution in [0.15, 0.2) is 54.6 Å². The molecule has 0 spiro atoms. The number of nitrogens with one attached hydrogen (secondary N) is 2. The summed E-state index contributed by atoms with van der Waals surface area (Å²) < 4.78 is 4.62. The van der Waals surface area contributed by atoms with E-state index >= 15 is 0 Å². The normalized spacial score (nSPS) is 9.78. The third-order valence-corrected chi connectivity index (χ3v) is 2.88. The molecule has 6 nitrogen and oxygen atoms in total. The SMILES string of the molecule is CC(=O)OCC(=O)Nc1ccccc1C(=O)Nc1ccccc1. The fourth-order valence-corrected chi connectivity index (χ4v) is 1.86. The highest BCUT2D eigenvalue weighted by atomic mass is 16.5. The van der Waals surface area contributed by atoms with Crippen molar-refractivity contribution < 1.29 is 19.1 Å². The lowest BCUT2D eigenvalue weighted by molar-refractivity contribution is -0.144. The first-order valence-electron chi connectivity index (χ1n) is 6.95. The minimum absolute atomic E-state index is 0.313. The van der Waals surface area contributed by atoms with Crippen LogP contribution in [0.2, 0.25) is 0 Å². The molecule has 0 aliphatic carbocycles. The second-order valence-electron chi connectivity index (χ2n) is 4.69. The maximum Gasteiger partial charge on any atom is 0.303 e. The van der Waals surface area contributed by atoms with Crippen LogP contribution in [0.3, 0.4) is 0 Å². The highest BCUT2D eigenvalue weighted by molar-refractivity contribution is 6.10. The minimum atomic E-state index is -0.546. The third-order valence-electron chi connectivity index (χ3n) is 2.88. The summed E-state index contributed by atoms with van der Waals surface area (Å²) in [5.41, 5.74) is 1.31. The number of carbonyl (C=O) groups excluding carboxylic acids is 3. The van der Waals surface area contributed by atoms with Crippen molar-refractivity contribution >= 4 is 29.2 Å². The van der Waals surface area contributed by atoms with Gasteiger partial charge in [0.15, 0.2) is 6.61 Å². The Kier molecular flexibility index (Phi) is 5.46. The molecule has 2 aromatic rings. The predicted molar refractivity (Wildman–Crippen MR) is 86.1 cm³/mol. The number of anilines is 2. The summed E-state index contributed by atoms with van der Waals surface area (Å²) in [4.78, 5) is 34.8. The van der Waals surface area contributed by atoms with Crippen molar-refractivity contribution in [3.8, 4) is 0 Å². The van der Waals surface area contributed by atoms with E-state index in [0.717, 1.165) is 0 Å². The lowest BCUT2D eigenvalue weighted by Crippen LogP contribution is -2.22. The van der Waals surface area contributed by atoms with Crippen LogP contribution in [-0.2, 0) is 14.3 Å². The van der Waals surface area contributed by atoms with Gasteiger partial charge in [-0.3, -0.25) is 14.4 Å². The molecule has 23 heavy (non-hydrogen) atoms. The van der Waals surface area contributed by atoms with Crippen LogP contribution in [0.1, 0.15) is 17.3 Å². The standard InChI is InChI=1S/C17H16N2O4/c1-12(20)23-11-16(21)19-15-10-6-5-9-14(15)17(22)18-13-7-3-2-4-8-13/h2-10H,11H2,1H3,(H,18,22)(H,19,21). The van der Waals surface area contributed by atoms with Gasteiger partial charge < -0.3 is 15.4 Å². The van der Waals surface area contributed by atoms with E-state index < -0.39 is 18.5 Å². The van der Waals surface area contributed by atoms with Crippen LogP contribution in [-0.4, -0.2) is 24.4 Å². The number of ether oxygens (including phenoxy) is 1. The van der Waals surface area contributed by atoms with Crippen LogP contribution in [0, 0.1) is 0 Å². The van der Waals surface area contributed by atoms with E-state index in [0.29, 0.717) is 16.9 Å². The molecule has 0 unspecified atom stereocenters. The summed E-state index contributed by atoms with van der Waals surface area (Å²) >= 11 is 0. The van der Waals surface area contributed by atoms with Gasteiger partial charge in [0.1, 0.15) is 0 Å². The largest absolute Gasteiger partial charge is 0.456 e. The van der Waals surface area contributed by atoms with Gasteiger partial charge >= 0.3 is 5.97 Å². The van der Waals surface area contributed by atoms with Crippen LogP contribution in [0.5, 0.6) is 0 Å². The predicted octanol–water partition coefficient (Wildman–Crippen LogP) is 2.44. The van der Waals surface area contributed by atoms with Gasteiger partial charge in [0.05, 0.1) is 11.3 Å². The Hall–Kier alpha value is -3.15. The average molecular weight is 312 g/mol. The Morgan fingerprint density at radius 1 is 0.913 bits per heavy atom. The highest BCUT2D eigenvalue weighted by Gasteiger charge is 2.13. The number of hydrogen-bond donors (Lipinski definition) is 2. The van der Waals surface area contributed by atoms with Crippen molar-refractivity contribution in [3.63, 3.8) is 0 Å². The van der Waals surface area contributed by atoms with Gasteiger partial charge in [-0.05, 0) is 24.3 Å². The van der Waals surface area contributed by atoms with Gasteiger partial charge in [-0.1, -0.05) is 30.3 Å². The van der Waals surface area contributed by atoms with Gasteiger partial charge in [-0.15, -0.1) is 0 Å². The Bertz CT molecular complexity index is 714. The molecule has 0 saturated heterocycles. The molecule has 2 amide bonds. The molecular formula is C17H16N2O4. The van der Waals surface area contributed by atoms with E-state index in [9.17, 15) is 14.4 Å².